The molecule has 9 heteroatoms. The van der Waals surface area contributed by atoms with Gasteiger partial charge in [0.15, 0.2) is 0 Å². The number of nitro groups is 1. The lowest BCUT2D eigenvalue weighted by Gasteiger charge is -2.41. The van der Waals surface area contributed by atoms with E-state index in [2.05, 4.69) is 0 Å². The standard InChI is InChI=1S/C27H23N3O6/c1-3-36-26(32)23-18(2)28(21-14-8-5-9-15-21)27(33)29(25(31)19-11-6-4-7-12-19)24(23)20-13-10-16-22(17-20)30(34)35/h4-17,24H,3H2,1-2H3. The number of urea groups is 1. The van der Waals surface area contributed by atoms with E-state index >= 15 is 0 Å². The molecule has 36 heavy (non-hydrogen) atoms. The highest BCUT2D eigenvalue weighted by molar-refractivity contribution is 6.13. The molecular formula is C27H23N3O6. The van der Waals surface area contributed by atoms with E-state index in [4.69, 9.17) is 4.74 Å². The highest BCUT2D eigenvalue weighted by Crippen LogP contribution is 2.41. The lowest BCUT2D eigenvalue weighted by molar-refractivity contribution is -0.384. The van der Waals surface area contributed by atoms with Crippen molar-refractivity contribution < 1.29 is 24.0 Å². The minimum atomic E-state index is -1.25. The van der Waals surface area contributed by atoms with Crippen LogP contribution in [0.2, 0.25) is 0 Å². The third kappa shape index (κ3) is 4.46. The van der Waals surface area contributed by atoms with Crippen molar-refractivity contribution in [1.82, 2.24) is 4.90 Å². The third-order valence-electron chi connectivity index (χ3n) is 5.80. The molecular weight excluding hydrogens is 462 g/mol. The number of hydrogen-bond donors (Lipinski definition) is 0. The Kier molecular flexibility index (Phi) is 6.91. The molecule has 0 saturated heterocycles. The number of carbonyl (C=O) groups excluding carboxylic acids is 3. The summed E-state index contributed by atoms with van der Waals surface area (Å²) in [5.41, 5.74) is 0.959. The molecule has 0 saturated carbocycles. The van der Waals surface area contributed by atoms with Gasteiger partial charge in [0.2, 0.25) is 0 Å². The molecule has 9 nitrogen and oxygen atoms in total. The van der Waals surface area contributed by atoms with Crippen molar-refractivity contribution in [3.8, 4) is 0 Å². The Morgan fingerprint density at radius 1 is 0.972 bits per heavy atom. The number of non-ortho nitro benzene ring substituents is 1. The second kappa shape index (κ2) is 10.2. The predicted molar refractivity (Wildman–Crippen MR) is 132 cm³/mol. The number of benzene rings is 3. The zero-order chi connectivity index (χ0) is 25.8. The minimum Gasteiger partial charge on any atom is -0.463 e. The number of amides is 3. The number of imide groups is 1. The minimum absolute atomic E-state index is 0.0325. The molecule has 182 valence electrons. The first-order valence-corrected chi connectivity index (χ1v) is 11.2. The van der Waals surface area contributed by atoms with Crippen LogP contribution in [0.1, 0.15) is 35.8 Å². The highest BCUT2D eigenvalue weighted by atomic mass is 16.6. The van der Waals surface area contributed by atoms with Gasteiger partial charge in [-0.15, -0.1) is 0 Å². The molecule has 0 aromatic heterocycles. The number of ether oxygens (including phenoxy) is 1. The number of anilines is 1. The van der Waals surface area contributed by atoms with Crippen LogP contribution in [0.25, 0.3) is 0 Å². The van der Waals surface area contributed by atoms with Crippen molar-refractivity contribution >= 4 is 29.3 Å². The van der Waals surface area contributed by atoms with Crippen molar-refractivity contribution in [1.29, 1.82) is 0 Å². The number of rotatable bonds is 6. The quantitative estimate of drug-likeness (QED) is 0.268. The van der Waals surface area contributed by atoms with Gasteiger partial charge in [-0.3, -0.25) is 19.8 Å². The molecule has 3 aromatic carbocycles. The maximum atomic E-state index is 14.0. The smallest absolute Gasteiger partial charge is 0.338 e. The van der Waals surface area contributed by atoms with E-state index in [-0.39, 0.29) is 34.7 Å². The monoisotopic (exact) mass is 485 g/mol. The molecule has 0 spiro atoms. The highest BCUT2D eigenvalue weighted by Gasteiger charge is 2.46. The molecule has 1 heterocycles. The summed E-state index contributed by atoms with van der Waals surface area (Å²) in [6.07, 6.45) is 0. The summed E-state index contributed by atoms with van der Waals surface area (Å²) in [5.74, 6) is -1.39. The molecule has 0 radical (unpaired) electrons. The summed E-state index contributed by atoms with van der Waals surface area (Å²) in [6.45, 7) is 3.29. The van der Waals surface area contributed by atoms with E-state index in [1.165, 1.54) is 23.1 Å². The Labute approximate surface area is 207 Å². The van der Waals surface area contributed by atoms with Crippen molar-refractivity contribution in [2.75, 3.05) is 11.5 Å². The van der Waals surface area contributed by atoms with Crippen LogP contribution in [0, 0.1) is 10.1 Å². The van der Waals surface area contributed by atoms with Gasteiger partial charge in [0.25, 0.3) is 11.6 Å². The van der Waals surface area contributed by atoms with Crippen molar-refractivity contribution in [3.63, 3.8) is 0 Å². The maximum Gasteiger partial charge on any atom is 0.338 e. The zero-order valence-electron chi connectivity index (χ0n) is 19.7. The Bertz CT molecular complexity index is 1350. The lowest BCUT2D eigenvalue weighted by atomic mass is 9.91. The van der Waals surface area contributed by atoms with Crippen LogP contribution in [0.4, 0.5) is 16.2 Å². The maximum absolute atomic E-state index is 14.0. The van der Waals surface area contributed by atoms with Gasteiger partial charge in [-0.05, 0) is 43.7 Å². The number of esters is 1. The average molecular weight is 485 g/mol. The molecule has 3 amide bonds. The van der Waals surface area contributed by atoms with E-state index in [9.17, 15) is 24.5 Å². The first-order chi connectivity index (χ1) is 17.3. The van der Waals surface area contributed by atoms with Gasteiger partial charge in [-0.1, -0.05) is 48.5 Å². The van der Waals surface area contributed by atoms with Gasteiger partial charge in [0, 0.05) is 23.4 Å². The molecule has 0 bridgehead atoms. The van der Waals surface area contributed by atoms with Crippen LogP contribution in [0.5, 0.6) is 0 Å². The van der Waals surface area contributed by atoms with Crippen LogP contribution in [0.3, 0.4) is 0 Å². The van der Waals surface area contributed by atoms with Gasteiger partial charge in [-0.2, -0.15) is 0 Å². The van der Waals surface area contributed by atoms with Gasteiger partial charge in [0.05, 0.1) is 22.8 Å². The number of carbonyl (C=O) groups is 3. The first kappa shape index (κ1) is 24.3. The molecule has 0 fully saturated rings. The number of nitrogens with zero attached hydrogens (tertiary/aromatic N) is 3. The van der Waals surface area contributed by atoms with E-state index < -0.39 is 28.9 Å². The zero-order valence-corrected chi connectivity index (χ0v) is 19.7. The summed E-state index contributed by atoms with van der Waals surface area (Å²) in [5, 5.41) is 11.5. The molecule has 4 rings (SSSR count). The summed E-state index contributed by atoms with van der Waals surface area (Å²) in [7, 11) is 0. The van der Waals surface area contributed by atoms with Gasteiger partial charge < -0.3 is 4.74 Å². The fourth-order valence-electron chi connectivity index (χ4n) is 4.21. The van der Waals surface area contributed by atoms with E-state index in [1.54, 1.807) is 80.6 Å². The Morgan fingerprint density at radius 2 is 1.61 bits per heavy atom. The predicted octanol–water partition coefficient (Wildman–Crippen LogP) is 5.26. The molecule has 3 aromatic rings. The van der Waals surface area contributed by atoms with Crippen LogP contribution in [0.15, 0.2) is 96.2 Å². The van der Waals surface area contributed by atoms with Crippen molar-refractivity contribution in [2.24, 2.45) is 0 Å². The van der Waals surface area contributed by atoms with Crippen LogP contribution < -0.4 is 4.90 Å². The molecule has 1 atom stereocenters. The van der Waals surface area contributed by atoms with E-state index in [0.717, 1.165) is 4.90 Å². The number of para-hydroxylation sites is 1. The van der Waals surface area contributed by atoms with Gasteiger partial charge in [-0.25, -0.2) is 14.5 Å². The normalized spacial score (nSPS) is 15.6. The molecule has 0 aliphatic carbocycles. The first-order valence-electron chi connectivity index (χ1n) is 11.2. The van der Waals surface area contributed by atoms with Crippen LogP contribution >= 0.6 is 0 Å². The summed E-state index contributed by atoms with van der Waals surface area (Å²) >= 11 is 0. The van der Waals surface area contributed by atoms with Gasteiger partial charge in [0.1, 0.15) is 6.04 Å². The van der Waals surface area contributed by atoms with Crippen LogP contribution in [-0.2, 0) is 9.53 Å². The number of nitro benzene ring substituents is 1. The third-order valence-corrected chi connectivity index (χ3v) is 5.80. The van der Waals surface area contributed by atoms with Crippen molar-refractivity contribution in [2.45, 2.75) is 19.9 Å². The molecule has 1 aliphatic heterocycles. The molecule has 0 N–H and O–H groups in total. The largest absolute Gasteiger partial charge is 0.463 e. The fourth-order valence-corrected chi connectivity index (χ4v) is 4.21. The van der Waals surface area contributed by atoms with Crippen molar-refractivity contribution in [3.05, 3.63) is 117 Å². The lowest BCUT2D eigenvalue weighted by Crippen LogP contribution is -2.53. The average Bonchev–Trinajstić information content (AvgIpc) is 2.89. The van der Waals surface area contributed by atoms with E-state index in [1.807, 2.05) is 0 Å². The Hall–Kier alpha value is -4.79. The van der Waals surface area contributed by atoms with Crippen LogP contribution in [-0.4, -0.2) is 34.3 Å². The topological polar surface area (TPSA) is 110 Å². The number of allylic oxidation sites excluding steroid dienone is 1. The summed E-state index contributed by atoms with van der Waals surface area (Å²) in [6, 6.07) is 20.4. The fraction of sp³-hybridized carbons (Fsp3) is 0.148. The summed E-state index contributed by atoms with van der Waals surface area (Å²) in [4.78, 5) is 54.3. The van der Waals surface area contributed by atoms with Gasteiger partial charge >= 0.3 is 12.0 Å². The summed E-state index contributed by atoms with van der Waals surface area (Å²) < 4.78 is 5.33. The second-order valence-electron chi connectivity index (χ2n) is 7.97. The second-order valence-corrected chi connectivity index (χ2v) is 7.97. The number of hydrogen-bond acceptors (Lipinski definition) is 6. The Balaban J connectivity index is 2.01. The van der Waals surface area contributed by atoms with E-state index in [0.29, 0.717) is 5.69 Å². The SMILES string of the molecule is CCOC(=O)C1=C(C)N(c2ccccc2)C(=O)N(C(=O)c2ccccc2)C1c1cccc([N+](=O)[O-])c1. The Morgan fingerprint density at radius 3 is 2.22 bits per heavy atom. The molecule has 1 unspecified atom stereocenters. The molecule has 1 aliphatic rings.